The molecule has 2 aromatic heterocycles. The molecule has 0 bridgehead atoms. The molecular formula is C12H13N5S. The van der Waals surface area contributed by atoms with Gasteiger partial charge in [0.2, 0.25) is 0 Å². The molecular weight excluding hydrogens is 246 g/mol. The van der Waals surface area contributed by atoms with E-state index in [1.165, 1.54) is 18.5 Å². The fraction of sp³-hybridized carbons (Fsp3) is 0.333. The third kappa shape index (κ3) is 1.78. The molecule has 2 aromatic rings. The molecule has 3 rings (SSSR count). The molecule has 0 saturated carbocycles. The minimum absolute atomic E-state index is 0.261. The molecule has 0 aromatic carbocycles. The summed E-state index contributed by atoms with van der Waals surface area (Å²) in [5, 5.41) is 0. The fourth-order valence-corrected chi connectivity index (χ4v) is 2.48. The molecule has 6 heteroatoms. The number of aryl methyl sites for hydroxylation is 1. The highest BCUT2D eigenvalue weighted by molar-refractivity contribution is 7.80. The Morgan fingerprint density at radius 2 is 1.94 bits per heavy atom. The van der Waals surface area contributed by atoms with E-state index in [1.54, 1.807) is 18.7 Å². The minimum Gasteiger partial charge on any atom is -0.388 e. The minimum atomic E-state index is 0.261. The summed E-state index contributed by atoms with van der Waals surface area (Å²) in [5.41, 5.74) is 8.61. The van der Waals surface area contributed by atoms with Gasteiger partial charge >= 0.3 is 0 Å². The quantitative estimate of drug-likeness (QED) is 0.820. The number of hydrogen-bond donors (Lipinski definition) is 1. The zero-order valence-electron chi connectivity index (χ0n) is 9.83. The Morgan fingerprint density at radius 1 is 1.17 bits per heavy atom. The van der Waals surface area contributed by atoms with E-state index in [0.29, 0.717) is 11.5 Å². The zero-order valence-corrected chi connectivity index (χ0v) is 10.7. The van der Waals surface area contributed by atoms with Crippen molar-refractivity contribution in [2.24, 2.45) is 5.73 Å². The van der Waals surface area contributed by atoms with Crippen LogP contribution < -0.4 is 5.73 Å². The van der Waals surface area contributed by atoms with Crippen LogP contribution >= 0.6 is 12.2 Å². The van der Waals surface area contributed by atoms with E-state index < -0.39 is 0 Å². The van der Waals surface area contributed by atoms with Crippen LogP contribution in [0.15, 0.2) is 18.7 Å². The van der Waals surface area contributed by atoms with Gasteiger partial charge in [-0.05, 0) is 25.7 Å². The van der Waals surface area contributed by atoms with Crippen LogP contribution in [0.5, 0.6) is 0 Å². The monoisotopic (exact) mass is 259 g/mol. The summed E-state index contributed by atoms with van der Waals surface area (Å²) in [6.07, 6.45) is 9.47. The van der Waals surface area contributed by atoms with Crippen LogP contribution in [0.25, 0.3) is 5.82 Å². The number of fused-ring (bicyclic) bond motifs is 1. The van der Waals surface area contributed by atoms with Gasteiger partial charge in [-0.2, -0.15) is 0 Å². The summed E-state index contributed by atoms with van der Waals surface area (Å²) >= 11 is 5.02. The Labute approximate surface area is 110 Å². The second-order valence-electron chi connectivity index (χ2n) is 4.31. The lowest BCUT2D eigenvalue weighted by atomic mass is 10.0. The Bertz CT molecular complexity index is 604. The van der Waals surface area contributed by atoms with Crippen molar-refractivity contribution in [3.8, 4) is 5.82 Å². The second kappa shape index (κ2) is 4.45. The highest BCUT2D eigenvalue weighted by Crippen LogP contribution is 2.23. The lowest BCUT2D eigenvalue weighted by Crippen LogP contribution is -2.18. The van der Waals surface area contributed by atoms with Crippen molar-refractivity contribution in [3.05, 3.63) is 35.8 Å². The van der Waals surface area contributed by atoms with Crippen molar-refractivity contribution in [2.45, 2.75) is 25.7 Å². The van der Waals surface area contributed by atoms with Crippen molar-refractivity contribution in [1.82, 2.24) is 19.5 Å². The van der Waals surface area contributed by atoms with Crippen LogP contribution in [-0.4, -0.2) is 24.5 Å². The van der Waals surface area contributed by atoms with Gasteiger partial charge in [0.05, 0.1) is 5.69 Å². The van der Waals surface area contributed by atoms with Gasteiger partial charge in [-0.1, -0.05) is 12.2 Å². The Morgan fingerprint density at radius 3 is 2.78 bits per heavy atom. The molecule has 0 atom stereocenters. The molecule has 1 aliphatic carbocycles. The number of rotatable bonds is 2. The number of thiocarbonyl (C=S) groups is 1. The predicted octanol–water partition coefficient (Wildman–Crippen LogP) is 1.18. The molecule has 2 N–H and O–H groups in total. The lowest BCUT2D eigenvalue weighted by molar-refractivity contribution is 0.653. The number of aromatic nitrogens is 4. The van der Waals surface area contributed by atoms with Crippen molar-refractivity contribution in [1.29, 1.82) is 0 Å². The third-order valence-corrected chi connectivity index (χ3v) is 3.36. The molecule has 0 aliphatic heterocycles. The van der Waals surface area contributed by atoms with E-state index in [4.69, 9.17) is 18.0 Å². The maximum Gasteiger partial charge on any atom is 0.167 e. The number of hydrogen-bond acceptors (Lipinski definition) is 4. The predicted molar refractivity (Wildman–Crippen MR) is 71.7 cm³/mol. The van der Waals surface area contributed by atoms with E-state index in [9.17, 15) is 0 Å². The van der Waals surface area contributed by atoms with E-state index >= 15 is 0 Å². The maximum atomic E-state index is 5.69. The van der Waals surface area contributed by atoms with Gasteiger partial charge in [-0.3, -0.25) is 4.57 Å². The van der Waals surface area contributed by atoms with Gasteiger partial charge in [0, 0.05) is 18.1 Å². The molecule has 18 heavy (non-hydrogen) atoms. The van der Waals surface area contributed by atoms with Crippen LogP contribution in [0.2, 0.25) is 0 Å². The molecule has 0 radical (unpaired) electrons. The molecule has 0 unspecified atom stereocenters. The van der Waals surface area contributed by atoms with Gasteiger partial charge < -0.3 is 5.73 Å². The summed E-state index contributed by atoms with van der Waals surface area (Å²) in [4.78, 5) is 13.3. The maximum absolute atomic E-state index is 5.69. The summed E-state index contributed by atoms with van der Waals surface area (Å²) in [7, 11) is 0. The first-order chi connectivity index (χ1) is 8.77. The largest absolute Gasteiger partial charge is 0.388 e. The first-order valence-corrected chi connectivity index (χ1v) is 6.34. The fourth-order valence-electron chi connectivity index (χ4n) is 2.33. The molecule has 5 nitrogen and oxygen atoms in total. The summed E-state index contributed by atoms with van der Waals surface area (Å²) < 4.78 is 1.97. The van der Waals surface area contributed by atoms with Crippen LogP contribution in [0.4, 0.5) is 0 Å². The summed E-state index contributed by atoms with van der Waals surface area (Å²) in [6.45, 7) is 0. The van der Waals surface area contributed by atoms with Gasteiger partial charge in [0.25, 0.3) is 0 Å². The average molecular weight is 259 g/mol. The van der Waals surface area contributed by atoms with Crippen LogP contribution in [0, 0.1) is 0 Å². The van der Waals surface area contributed by atoms with Gasteiger partial charge in [0.15, 0.2) is 5.82 Å². The van der Waals surface area contributed by atoms with E-state index in [2.05, 4.69) is 15.0 Å². The topological polar surface area (TPSA) is 69.6 Å². The van der Waals surface area contributed by atoms with E-state index in [0.717, 1.165) is 18.5 Å². The van der Waals surface area contributed by atoms with Crippen LogP contribution in [0.1, 0.15) is 29.9 Å². The standard InChI is InChI=1S/C12H13N5S/c13-11(18)10-12(15-6-5-14-10)17-7-16-8-3-1-2-4-9(8)17/h5-7H,1-4H2,(H2,13,18). The smallest absolute Gasteiger partial charge is 0.167 e. The van der Waals surface area contributed by atoms with Crippen molar-refractivity contribution < 1.29 is 0 Å². The normalized spacial score (nSPS) is 14.2. The number of nitrogens with two attached hydrogens (primary N) is 1. The number of imidazole rings is 1. The van der Waals surface area contributed by atoms with Crippen LogP contribution in [-0.2, 0) is 12.8 Å². The highest BCUT2D eigenvalue weighted by atomic mass is 32.1. The van der Waals surface area contributed by atoms with Gasteiger partial charge in [-0.15, -0.1) is 0 Å². The Balaban J connectivity index is 2.15. The number of nitrogens with zero attached hydrogens (tertiary/aromatic N) is 4. The molecule has 1 aliphatic rings. The zero-order chi connectivity index (χ0) is 12.5. The summed E-state index contributed by atoms with van der Waals surface area (Å²) in [6, 6.07) is 0. The SMILES string of the molecule is NC(=S)c1nccnc1-n1cnc2c1CCCC2. The average Bonchev–Trinajstić information content (AvgIpc) is 2.82. The molecule has 0 amide bonds. The molecule has 0 spiro atoms. The Kier molecular flexibility index (Phi) is 2.79. The van der Waals surface area contributed by atoms with Crippen molar-refractivity contribution in [3.63, 3.8) is 0 Å². The molecule has 0 fully saturated rings. The highest BCUT2D eigenvalue weighted by Gasteiger charge is 2.19. The van der Waals surface area contributed by atoms with Gasteiger partial charge in [0.1, 0.15) is 17.0 Å². The summed E-state index contributed by atoms with van der Waals surface area (Å²) in [5.74, 6) is 0.681. The molecule has 92 valence electrons. The van der Waals surface area contributed by atoms with E-state index in [1.807, 2.05) is 4.57 Å². The first-order valence-electron chi connectivity index (χ1n) is 5.93. The first kappa shape index (κ1) is 11.3. The van der Waals surface area contributed by atoms with Crippen molar-refractivity contribution >= 4 is 17.2 Å². The lowest BCUT2D eigenvalue weighted by Gasteiger charge is -2.14. The third-order valence-electron chi connectivity index (χ3n) is 3.17. The molecule has 0 saturated heterocycles. The van der Waals surface area contributed by atoms with E-state index in [-0.39, 0.29) is 4.99 Å². The van der Waals surface area contributed by atoms with Gasteiger partial charge in [-0.25, -0.2) is 15.0 Å². The van der Waals surface area contributed by atoms with Crippen LogP contribution in [0.3, 0.4) is 0 Å². The van der Waals surface area contributed by atoms with Crippen molar-refractivity contribution in [2.75, 3.05) is 0 Å². The Hall–Kier alpha value is -1.82. The molecule has 2 heterocycles. The second-order valence-corrected chi connectivity index (χ2v) is 4.75.